The van der Waals surface area contributed by atoms with Crippen molar-refractivity contribution in [3.63, 3.8) is 0 Å². The van der Waals surface area contributed by atoms with Crippen molar-refractivity contribution in [2.75, 3.05) is 18.5 Å². The minimum Gasteiger partial charge on any atom is -0.357 e. The Balaban J connectivity index is 1.71. The summed E-state index contributed by atoms with van der Waals surface area (Å²) in [6.45, 7) is 0.866. The van der Waals surface area contributed by atoms with Gasteiger partial charge in [0.2, 0.25) is 5.28 Å². The van der Waals surface area contributed by atoms with E-state index >= 15 is 0 Å². The van der Waals surface area contributed by atoms with E-state index < -0.39 is 5.82 Å². The van der Waals surface area contributed by atoms with E-state index in [9.17, 15) is 4.39 Å². The van der Waals surface area contributed by atoms with Crippen molar-refractivity contribution in [3.05, 3.63) is 17.3 Å². The van der Waals surface area contributed by atoms with Gasteiger partial charge in [0.15, 0.2) is 11.6 Å². The molecule has 1 heterocycles. The van der Waals surface area contributed by atoms with Crippen LogP contribution in [0.5, 0.6) is 0 Å². The SMILES string of the molecule is CN(CC1CC2CCC1C2)c1nc(Cl)ncc1F. The van der Waals surface area contributed by atoms with E-state index in [2.05, 4.69) is 9.97 Å². The highest BCUT2D eigenvalue weighted by molar-refractivity contribution is 6.28. The average molecular weight is 270 g/mol. The van der Waals surface area contributed by atoms with Crippen LogP contribution in [-0.4, -0.2) is 23.6 Å². The molecule has 2 aliphatic carbocycles. The lowest BCUT2D eigenvalue weighted by molar-refractivity contribution is 0.336. The van der Waals surface area contributed by atoms with Crippen LogP contribution in [0.15, 0.2) is 6.20 Å². The summed E-state index contributed by atoms with van der Waals surface area (Å²) in [5, 5.41) is 0.103. The number of anilines is 1. The van der Waals surface area contributed by atoms with Gasteiger partial charge in [0.05, 0.1) is 6.20 Å². The third-order valence-corrected chi connectivity index (χ3v) is 4.63. The largest absolute Gasteiger partial charge is 0.357 e. The van der Waals surface area contributed by atoms with Gasteiger partial charge in [-0.3, -0.25) is 0 Å². The summed E-state index contributed by atoms with van der Waals surface area (Å²) < 4.78 is 13.7. The molecule has 5 heteroatoms. The zero-order chi connectivity index (χ0) is 12.7. The Morgan fingerprint density at radius 1 is 1.44 bits per heavy atom. The van der Waals surface area contributed by atoms with Crippen LogP contribution in [0.1, 0.15) is 25.7 Å². The molecule has 3 atom stereocenters. The Labute approximate surface area is 111 Å². The molecule has 2 saturated carbocycles. The number of fused-ring (bicyclic) bond motifs is 2. The van der Waals surface area contributed by atoms with Gasteiger partial charge in [0, 0.05) is 13.6 Å². The van der Waals surface area contributed by atoms with Crippen molar-refractivity contribution in [1.29, 1.82) is 0 Å². The van der Waals surface area contributed by atoms with E-state index in [4.69, 9.17) is 11.6 Å². The number of nitrogens with zero attached hydrogens (tertiary/aromatic N) is 3. The summed E-state index contributed by atoms with van der Waals surface area (Å²) in [7, 11) is 1.88. The van der Waals surface area contributed by atoms with Crippen LogP contribution in [-0.2, 0) is 0 Å². The van der Waals surface area contributed by atoms with Gasteiger partial charge in [0.1, 0.15) is 0 Å². The van der Waals surface area contributed by atoms with Crippen LogP contribution < -0.4 is 4.90 Å². The van der Waals surface area contributed by atoms with Crippen LogP contribution in [0.2, 0.25) is 5.28 Å². The minimum atomic E-state index is -0.398. The van der Waals surface area contributed by atoms with E-state index in [1.807, 2.05) is 11.9 Å². The van der Waals surface area contributed by atoms with Crippen molar-refractivity contribution in [2.24, 2.45) is 17.8 Å². The van der Waals surface area contributed by atoms with Crippen molar-refractivity contribution in [3.8, 4) is 0 Å². The zero-order valence-corrected chi connectivity index (χ0v) is 11.2. The Kier molecular flexibility index (Phi) is 3.14. The Morgan fingerprint density at radius 2 is 2.28 bits per heavy atom. The monoisotopic (exact) mass is 269 g/mol. The van der Waals surface area contributed by atoms with E-state index in [1.165, 1.54) is 25.7 Å². The van der Waals surface area contributed by atoms with Crippen LogP contribution in [0.25, 0.3) is 0 Å². The summed E-state index contributed by atoms with van der Waals surface area (Å²) in [6.07, 6.45) is 6.53. The predicted octanol–water partition coefficient (Wildman–Crippen LogP) is 3.14. The van der Waals surface area contributed by atoms with Crippen molar-refractivity contribution >= 4 is 17.4 Å². The predicted molar refractivity (Wildman–Crippen MR) is 69.2 cm³/mol. The molecular weight excluding hydrogens is 253 g/mol. The fourth-order valence-electron chi connectivity index (χ4n) is 3.64. The maximum atomic E-state index is 13.7. The zero-order valence-electron chi connectivity index (χ0n) is 10.4. The number of hydrogen-bond donors (Lipinski definition) is 0. The Morgan fingerprint density at radius 3 is 2.94 bits per heavy atom. The highest BCUT2D eigenvalue weighted by Crippen LogP contribution is 2.48. The molecule has 0 amide bonds. The highest BCUT2D eigenvalue weighted by atomic mass is 35.5. The van der Waals surface area contributed by atoms with Crippen molar-refractivity contribution in [1.82, 2.24) is 9.97 Å². The van der Waals surface area contributed by atoms with Gasteiger partial charge in [-0.1, -0.05) is 6.42 Å². The molecule has 2 fully saturated rings. The third kappa shape index (κ3) is 2.18. The molecule has 3 rings (SSSR count). The minimum absolute atomic E-state index is 0.103. The Hall–Kier alpha value is -0.900. The van der Waals surface area contributed by atoms with Crippen molar-refractivity contribution in [2.45, 2.75) is 25.7 Å². The molecule has 0 radical (unpaired) electrons. The van der Waals surface area contributed by atoms with Crippen LogP contribution in [0, 0.1) is 23.6 Å². The smallest absolute Gasteiger partial charge is 0.224 e. The fraction of sp³-hybridized carbons (Fsp3) is 0.692. The van der Waals surface area contributed by atoms with Crippen molar-refractivity contribution < 1.29 is 4.39 Å². The lowest BCUT2D eigenvalue weighted by atomic mass is 9.88. The molecule has 0 saturated heterocycles. The lowest BCUT2D eigenvalue weighted by Crippen LogP contribution is -2.30. The number of rotatable bonds is 3. The lowest BCUT2D eigenvalue weighted by Gasteiger charge is -2.27. The molecule has 18 heavy (non-hydrogen) atoms. The molecule has 1 aromatic heterocycles. The van der Waals surface area contributed by atoms with Crippen LogP contribution >= 0.6 is 11.6 Å². The van der Waals surface area contributed by atoms with Gasteiger partial charge >= 0.3 is 0 Å². The first-order chi connectivity index (χ1) is 8.63. The van der Waals surface area contributed by atoms with Gasteiger partial charge < -0.3 is 4.90 Å². The molecule has 0 aliphatic heterocycles. The first-order valence-corrected chi connectivity index (χ1v) is 6.90. The van der Waals surface area contributed by atoms with Crippen LogP contribution in [0.4, 0.5) is 10.2 Å². The normalized spacial score (nSPS) is 29.8. The van der Waals surface area contributed by atoms with Gasteiger partial charge in [-0.25, -0.2) is 9.37 Å². The van der Waals surface area contributed by atoms with Gasteiger partial charge in [-0.2, -0.15) is 4.98 Å². The summed E-state index contributed by atoms with van der Waals surface area (Å²) in [5.41, 5.74) is 0. The molecule has 1 aromatic rings. The molecule has 0 aromatic carbocycles. The molecule has 0 spiro atoms. The molecule has 0 N–H and O–H groups in total. The topological polar surface area (TPSA) is 29.0 Å². The molecule has 3 unspecified atom stereocenters. The second-order valence-corrected chi connectivity index (χ2v) is 5.96. The van der Waals surface area contributed by atoms with E-state index in [0.717, 1.165) is 24.6 Å². The number of aromatic nitrogens is 2. The van der Waals surface area contributed by atoms with E-state index in [-0.39, 0.29) is 5.28 Å². The fourth-order valence-corrected chi connectivity index (χ4v) is 3.77. The maximum Gasteiger partial charge on any atom is 0.224 e. The second-order valence-electron chi connectivity index (χ2n) is 5.63. The molecule has 3 nitrogen and oxygen atoms in total. The first-order valence-electron chi connectivity index (χ1n) is 6.52. The first kappa shape index (κ1) is 12.2. The number of hydrogen-bond acceptors (Lipinski definition) is 3. The summed E-state index contributed by atoms with van der Waals surface area (Å²) >= 11 is 5.72. The standard InChI is InChI=1S/C13H17ClFN3/c1-18(12-11(15)6-16-13(14)17-12)7-10-5-8-2-3-9(10)4-8/h6,8-10H,2-5,7H2,1H3. The summed E-state index contributed by atoms with van der Waals surface area (Å²) in [4.78, 5) is 9.51. The average Bonchev–Trinajstić information content (AvgIpc) is 2.94. The summed E-state index contributed by atoms with van der Waals surface area (Å²) in [5.74, 6) is 2.34. The van der Waals surface area contributed by atoms with Gasteiger partial charge in [-0.05, 0) is 48.6 Å². The maximum absolute atomic E-state index is 13.7. The quantitative estimate of drug-likeness (QED) is 0.790. The van der Waals surface area contributed by atoms with Gasteiger partial charge in [-0.15, -0.1) is 0 Å². The molecule has 2 bridgehead atoms. The highest BCUT2D eigenvalue weighted by Gasteiger charge is 2.39. The van der Waals surface area contributed by atoms with Gasteiger partial charge in [0.25, 0.3) is 0 Å². The Bertz CT molecular complexity index is 454. The second kappa shape index (κ2) is 4.65. The van der Waals surface area contributed by atoms with E-state index in [0.29, 0.717) is 11.7 Å². The molecular formula is C13H17ClFN3. The van der Waals surface area contributed by atoms with Crippen LogP contribution in [0.3, 0.4) is 0 Å². The third-order valence-electron chi connectivity index (χ3n) is 4.45. The number of halogens is 2. The summed E-state index contributed by atoms with van der Waals surface area (Å²) in [6, 6.07) is 0. The molecule has 2 aliphatic rings. The molecule has 98 valence electrons. The van der Waals surface area contributed by atoms with E-state index in [1.54, 1.807) is 0 Å².